The van der Waals surface area contributed by atoms with Crippen LogP contribution in [0.2, 0.25) is 0 Å². The van der Waals surface area contributed by atoms with Crippen LogP contribution in [0.5, 0.6) is 0 Å². The molecule has 1 atom stereocenters. The molecule has 82 valence electrons. The van der Waals surface area contributed by atoms with E-state index in [9.17, 15) is 4.79 Å². The number of hydrazine groups is 1. The second-order valence-electron chi connectivity index (χ2n) is 5.03. The van der Waals surface area contributed by atoms with Crippen molar-refractivity contribution in [1.29, 1.82) is 0 Å². The largest absolute Gasteiger partial charge is 0.341 e. The summed E-state index contributed by atoms with van der Waals surface area (Å²) < 4.78 is 0. The predicted molar refractivity (Wildman–Crippen MR) is 56.4 cm³/mol. The second kappa shape index (κ2) is 4.28. The number of carbonyl (C=O) groups is 1. The van der Waals surface area contributed by atoms with Gasteiger partial charge in [-0.1, -0.05) is 20.8 Å². The highest BCUT2D eigenvalue weighted by Crippen LogP contribution is 2.21. The van der Waals surface area contributed by atoms with Crippen LogP contribution >= 0.6 is 0 Å². The SMILES string of the molecule is CC(C)(C)[C@@H](CN1CCCC1=O)NN. The molecule has 0 aromatic rings. The van der Waals surface area contributed by atoms with E-state index in [0.29, 0.717) is 6.42 Å². The van der Waals surface area contributed by atoms with Crippen LogP contribution in [-0.4, -0.2) is 29.9 Å². The number of amides is 1. The lowest BCUT2D eigenvalue weighted by atomic mass is 9.87. The van der Waals surface area contributed by atoms with Crippen molar-refractivity contribution >= 4 is 5.91 Å². The smallest absolute Gasteiger partial charge is 0.222 e. The Morgan fingerprint density at radius 3 is 2.57 bits per heavy atom. The third-order valence-electron chi connectivity index (χ3n) is 2.82. The molecule has 0 saturated carbocycles. The van der Waals surface area contributed by atoms with Gasteiger partial charge in [-0.15, -0.1) is 0 Å². The summed E-state index contributed by atoms with van der Waals surface area (Å²) in [7, 11) is 0. The Morgan fingerprint density at radius 2 is 2.21 bits per heavy atom. The summed E-state index contributed by atoms with van der Waals surface area (Å²) in [4.78, 5) is 13.3. The molecule has 0 aliphatic carbocycles. The van der Waals surface area contributed by atoms with E-state index in [1.54, 1.807) is 0 Å². The maximum atomic E-state index is 11.4. The van der Waals surface area contributed by atoms with Crippen molar-refractivity contribution in [2.24, 2.45) is 11.3 Å². The Bertz CT molecular complexity index is 210. The number of hydrogen-bond donors (Lipinski definition) is 2. The highest BCUT2D eigenvalue weighted by molar-refractivity contribution is 5.78. The summed E-state index contributed by atoms with van der Waals surface area (Å²) in [5.74, 6) is 5.75. The van der Waals surface area contributed by atoms with Crippen molar-refractivity contribution < 1.29 is 4.79 Å². The van der Waals surface area contributed by atoms with Crippen LogP contribution in [0.3, 0.4) is 0 Å². The summed E-state index contributed by atoms with van der Waals surface area (Å²) in [5.41, 5.74) is 2.88. The molecule has 1 heterocycles. The van der Waals surface area contributed by atoms with Gasteiger partial charge in [-0.05, 0) is 11.8 Å². The Labute approximate surface area is 85.8 Å². The van der Waals surface area contributed by atoms with Crippen LogP contribution in [0, 0.1) is 5.41 Å². The number of nitrogens with one attached hydrogen (secondary N) is 1. The molecule has 1 amide bonds. The molecule has 0 aromatic heterocycles. The minimum Gasteiger partial charge on any atom is -0.341 e. The Morgan fingerprint density at radius 1 is 1.57 bits per heavy atom. The Hall–Kier alpha value is -0.610. The maximum absolute atomic E-state index is 11.4. The molecule has 1 aliphatic rings. The molecule has 4 heteroatoms. The third kappa shape index (κ3) is 2.69. The van der Waals surface area contributed by atoms with Gasteiger partial charge in [0.15, 0.2) is 0 Å². The average Bonchev–Trinajstić information content (AvgIpc) is 2.45. The van der Waals surface area contributed by atoms with Crippen LogP contribution in [0.1, 0.15) is 33.6 Å². The number of carbonyl (C=O) groups excluding carboxylic acids is 1. The average molecular weight is 199 g/mol. The quantitative estimate of drug-likeness (QED) is 0.513. The van der Waals surface area contributed by atoms with Crippen LogP contribution in [0.15, 0.2) is 0 Å². The lowest BCUT2D eigenvalue weighted by Crippen LogP contribution is -2.51. The van der Waals surface area contributed by atoms with E-state index in [1.807, 2.05) is 4.90 Å². The minimum atomic E-state index is 0.0810. The van der Waals surface area contributed by atoms with Crippen molar-refractivity contribution in [2.45, 2.75) is 39.7 Å². The first-order valence-electron chi connectivity index (χ1n) is 5.19. The summed E-state index contributed by atoms with van der Waals surface area (Å²) in [6.07, 6.45) is 1.68. The number of nitrogens with zero attached hydrogens (tertiary/aromatic N) is 1. The van der Waals surface area contributed by atoms with Crippen molar-refractivity contribution in [1.82, 2.24) is 10.3 Å². The first kappa shape index (κ1) is 11.5. The zero-order valence-electron chi connectivity index (χ0n) is 9.34. The van der Waals surface area contributed by atoms with Crippen LogP contribution in [-0.2, 0) is 4.79 Å². The molecule has 1 rings (SSSR count). The molecule has 1 saturated heterocycles. The fourth-order valence-corrected chi connectivity index (χ4v) is 1.69. The lowest BCUT2D eigenvalue weighted by molar-refractivity contribution is -0.128. The maximum Gasteiger partial charge on any atom is 0.222 e. The van der Waals surface area contributed by atoms with Gasteiger partial charge in [-0.3, -0.25) is 16.1 Å². The molecular weight excluding hydrogens is 178 g/mol. The van der Waals surface area contributed by atoms with Gasteiger partial charge in [-0.2, -0.15) is 0 Å². The first-order chi connectivity index (χ1) is 6.45. The molecule has 14 heavy (non-hydrogen) atoms. The van der Waals surface area contributed by atoms with Crippen molar-refractivity contribution in [3.8, 4) is 0 Å². The number of hydrogen-bond acceptors (Lipinski definition) is 3. The van der Waals surface area contributed by atoms with Crippen molar-refractivity contribution in [2.75, 3.05) is 13.1 Å². The van der Waals surface area contributed by atoms with Gasteiger partial charge in [-0.25, -0.2) is 0 Å². The monoisotopic (exact) mass is 199 g/mol. The highest BCUT2D eigenvalue weighted by atomic mass is 16.2. The summed E-state index contributed by atoms with van der Waals surface area (Å²) >= 11 is 0. The van der Waals surface area contributed by atoms with Gasteiger partial charge < -0.3 is 4.90 Å². The van der Waals surface area contributed by atoms with Gasteiger partial charge in [0.25, 0.3) is 0 Å². The number of rotatable bonds is 3. The molecular formula is C10H21N3O. The Balaban J connectivity index is 2.52. The van der Waals surface area contributed by atoms with Crippen LogP contribution in [0.4, 0.5) is 0 Å². The molecule has 1 fully saturated rings. The molecule has 0 unspecified atom stereocenters. The summed E-state index contributed by atoms with van der Waals surface area (Å²) in [6, 6.07) is 0.157. The number of likely N-dealkylation sites (tertiary alicyclic amines) is 1. The number of nitrogens with two attached hydrogens (primary N) is 1. The lowest BCUT2D eigenvalue weighted by Gasteiger charge is -2.33. The fourth-order valence-electron chi connectivity index (χ4n) is 1.69. The van der Waals surface area contributed by atoms with E-state index < -0.39 is 0 Å². The molecule has 3 N–H and O–H groups in total. The molecule has 0 bridgehead atoms. The topological polar surface area (TPSA) is 58.4 Å². The molecule has 1 aliphatic heterocycles. The van der Waals surface area contributed by atoms with Crippen LogP contribution < -0.4 is 11.3 Å². The highest BCUT2D eigenvalue weighted by Gasteiger charge is 2.29. The van der Waals surface area contributed by atoms with Gasteiger partial charge in [0.05, 0.1) is 0 Å². The fraction of sp³-hybridized carbons (Fsp3) is 0.900. The summed E-state index contributed by atoms with van der Waals surface area (Å²) in [5, 5.41) is 0. The zero-order chi connectivity index (χ0) is 10.8. The predicted octanol–water partition coefficient (Wildman–Crippen LogP) is 0.487. The Kier molecular flexibility index (Phi) is 3.50. The van der Waals surface area contributed by atoms with E-state index in [0.717, 1.165) is 19.5 Å². The van der Waals surface area contributed by atoms with E-state index in [2.05, 4.69) is 26.2 Å². The zero-order valence-corrected chi connectivity index (χ0v) is 9.34. The molecule has 0 aromatic carbocycles. The molecule has 0 radical (unpaired) electrons. The van der Waals surface area contributed by atoms with Crippen molar-refractivity contribution in [3.63, 3.8) is 0 Å². The van der Waals surface area contributed by atoms with E-state index in [1.165, 1.54) is 0 Å². The van der Waals surface area contributed by atoms with Crippen LogP contribution in [0.25, 0.3) is 0 Å². The minimum absolute atomic E-state index is 0.0810. The molecule has 0 spiro atoms. The van der Waals surface area contributed by atoms with Gasteiger partial charge in [0.2, 0.25) is 5.91 Å². The van der Waals surface area contributed by atoms with E-state index in [4.69, 9.17) is 5.84 Å². The van der Waals surface area contributed by atoms with Gasteiger partial charge in [0.1, 0.15) is 0 Å². The standard InChI is InChI=1S/C10H21N3O/c1-10(2,3)8(12-11)7-13-6-4-5-9(13)14/h8,12H,4-7,11H2,1-3H3/t8-/m1/s1. The van der Waals surface area contributed by atoms with Crippen molar-refractivity contribution in [3.05, 3.63) is 0 Å². The normalized spacial score (nSPS) is 20.3. The molecule has 4 nitrogen and oxygen atoms in total. The van der Waals surface area contributed by atoms with E-state index in [-0.39, 0.29) is 17.4 Å². The van der Waals surface area contributed by atoms with E-state index >= 15 is 0 Å². The van der Waals surface area contributed by atoms with Gasteiger partial charge >= 0.3 is 0 Å². The first-order valence-corrected chi connectivity index (χ1v) is 5.19. The summed E-state index contributed by atoms with van der Waals surface area (Å²) in [6.45, 7) is 7.97. The second-order valence-corrected chi connectivity index (χ2v) is 5.03. The van der Waals surface area contributed by atoms with Gasteiger partial charge in [0, 0.05) is 25.6 Å². The third-order valence-corrected chi connectivity index (χ3v) is 2.82.